The van der Waals surface area contributed by atoms with Gasteiger partial charge in [0.2, 0.25) is 5.91 Å². The van der Waals surface area contributed by atoms with E-state index in [1.807, 2.05) is 24.3 Å². The van der Waals surface area contributed by atoms with Gasteiger partial charge in [0.05, 0.1) is 16.0 Å². The largest absolute Gasteiger partial charge is 0.487 e. The van der Waals surface area contributed by atoms with Gasteiger partial charge in [-0.1, -0.05) is 47.5 Å². The van der Waals surface area contributed by atoms with Crippen LogP contribution in [0.25, 0.3) is 0 Å². The lowest BCUT2D eigenvalue weighted by molar-refractivity contribution is -0.139. The molecule has 2 heterocycles. The van der Waals surface area contributed by atoms with Gasteiger partial charge in [-0.15, -0.1) is 0 Å². The molecule has 0 aromatic heterocycles. The molecule has 2 aliphatic heterocycles. The summed E-state index contributed by atoms with van der Waals surface area (Å²) < 4.78 is 11.0. The van der Waals surface area contributed by atoms with Crippen molar-refractivity contribution in [2.75, 3.05) is 0 Å². The van der Waals surface area contributed by atoms with Crippen LogP contribution in [0.1, 0.15) is 23.0 Å². The molecule has 0 bridgehead atoms. The highest BCUT2D eigenvalue weighted by molar-refractivity contribution is 6.32. The quantitative estimate of drug-likeness (QED) is 0.778. The zero-order valence-corrected chi connectivity index (χ0v) is 15.9. The van der Waals surface area contributed by atoms with E-state index < -0.39 is 5.97 Å². The number of ether oxygens (including phenoxy) is 2. The van der Waals surface area contributed by atoms with Crippen molar-refractivity contribution in [3.8, 4) is 11.5 Å². The van der Waals surface area contributed by atoms with Gasteiger partial charge in [-0.2, -0.15) is 0 Å². The number of aliphatic carboxylic acids is 1. The summed E-state index contributed by atoms with van der Waals surface area (Å²) >= 11 is 11.9. The molecule has 2 saturated carbocycles. The number of hydrogen-bond acceptors (Lipinski definition) is 4. The minimum Gasteiger partial charge on any atom is -0.487 e. The molecule has 0 saturated heterocycles. The first-order chi connectivity index (χ1) is 13.4. The summed E-state index contributed by atoms with van der Waals surface area (Å²) in [5, 5.41) is 10.0. The number of carboxylic acid groups (broad SMARTS) is 1. The number of para-hydroxylation sites is 2. The third-order valence-electron chi connectivity index (χ3n) is 5.74. The van der Waals surface area contributed by atoms with E-state index in [0.29, 0.717) is 15.8 Å². The van der Waals surface area contributed by atoms with Crippen LogP contribution in [0.15, 0.2) is 36.4 Å². The SMILES string of the molecule is NC(=O)[C@H]1[C@@H]2Oc3c(Cl)cccc3[C@@H]21.O=C(O)[C@H]1[C@@H]2Oc3c(Cl)cccc3[C@@H]21. The van der Waals surface area contributed by atoms with Crippen LogP contribution in [0.2, 0.25) is 10.0 Å². The maximum atomic E-state index is 11.0. The molecular weight excluding hydrogens is 405 g/mol. The van der Waals surface area contributed by atoms with Crippen LogP contribution in [-0.2, 0) is 9.59 Å². The molecule has 6 atom stereocenters. The smallest absolute Gasteiger partial charge is 0.311 e. The number of amides is 1. The Labute approximate surface area is 170 Å². The molecule has 3 N–H and O–H groups in total. The second kappa shape index (κ2) is 6.03. The molecule has 0 radical (unpaired) electrons. The summed E-state index contributed by atoms with van der Waals surface area (Å²) in [6, 6.07) is 11.0. The molecule has 28 heavy (non-hydrogen) atoms. The van der Waals surface area contributed by atoms with Gasteiger partial charge in [-0.25, -0.2) is 0 Å². The van der Waals surface area contributed by atoms with Gasteiger partial charge >= 0.3 is 5.97 Å². The van der Waals surface area contributed by atoms with Crippen molar-refractivity contribution < 1.29 is 24.2 Å². The van der Waals surface area contributed by atoms with Gasteiger partial charge in [0, 0.05) is 23.0 Å². The summed E-state index contributed by atoms with van der Waals surface area (Å²) in [5.41, 5.74) is 7.19. The van der Waals surface area contributed by atoms with E-state index in [2.05, 4.69) is 0 Å². The van der Waals surface area contributed by atoms with Gasteiger partial charge in [0.1, 0.15) is 29.6 Å². The summed E-state index contributed by atoms with van der Waals surface area (Å²) in [6.07, 6.45) is -0.259. The Hall–Kier alpha value is -2.44. The lowest BCUT2D eigenvalue weighted by Crippen LogP contribution is -2.18. The number of benzene rings is 2. The number of carboxylic acids is 1. The number of nitrogens with two attached hydrogens (primary N) is 1. The first kappa shape index (κ1) is 17.6. The van der Waals surface area contributed by atoms with Crippen LogP contribution in [0, 0.1) is 11.8 Å². The van der Waals surface area contributed by atoms with E-state index in [9.17, 15) is 9.59 Å². The van der Waals surface area contributed by atoms with Gasteiger partial charge in [0.15, 0.2) is 0 Å². The van der Waals surface area contributed by atoms with E-state index in [0.717, 1.165) is 16.9 Å². The van der Waals surface area contributed by atoms with E-state index in [1.165, 1.54) is 0 Å². The summed E-state index contributed by atoms with van der Waals surface area (Å²) in [6.45, 7) is 0. The molecule has 6 nitrogen and oxygen atoms in total. The average Bonchev–Trinajstić information content (AvgIpc) is 3.46. The maximum Gasteiger partial charge on any atom is 0.311 e. The first-order valence-corrected chi connectivity index (χ1v) is 9.58. The monoisotopic (exact) mass is 419 g/mol. The highest BCUT2D eigenvalue weighted by atomic mass is 35.5. The minimum absolute atomic E-state index is 0.0150. The Kier molecular flexibility index (Phi) is 3.80. The predicted molar refractivity (Wildman–Crippen MR) is 101 cm³/mol. The lowest BCUT2D eigenvalue weighted by Gasteiger charge is -2.07. The minimum atomic E-state index is -0.786. The third kappa shape index (κ3) is 2.48. The Morgan fingerprint density at radius 1 is 0.857 bits per heavy atom. The molecule has 8 heteroatoms. The second-order valence-electron chi connectivity index (χ2n) is 7.33. The topological polar surface area (TPSA) is 98.9 Å². The standard InChI is InChI=1S/C10H8ClNO2.C10H7ClO3/c2*11-5-3-1-2-4-6-7(10(12)13)9(6)14-8(4)5/h1-3,6-7,9H,(H2,12,13);1-3,6-7,9H,(H,12,13)/t2*6-,7-,9-/m11/s1. The Morgan fingerprint density at radius 3 is 1.79 bits per heavy atom. The van der Waals surface area contributed by atoms with Crippen LogP contribution in [0.5, 0.6) is 11.5 Å². The molecule has 2 fully saturated rings. The maximum absolute atomic E-state index is 11.0. The highest BCUT2D eigenvalue weighted by Crippen LogP contribution is 2.60. The summed E-state index contributed by atoms with van der Waals surface area (Å²) in [5.74, 6) is -0.0519. The second-order valence-corrected chi connectivity index (χ2v) is 8.14. The normalized spacial score (nSPS) is 31.6. The van der Waals surface area contributed by atoms with Crippen LogP contribution < -0.4 is 15.2 Å². The number of carbonyl (C=O) groups is 2. The van der Waals surface area contributed by atoms with Crippen LogP contribution in [0.3, 0.4) is 0 Å². The van der Waals surface area contributed by atoms with Gasteiger partial charge < -0.3 is 20.3 Å². The van der Waals surface area contributed by atoms with Crippen molar-refractivity contribution in [1.29, 1.82) is 0 Å². The Bertz CT molecular complexity index is 944. The molecular formula is C20H15Cl2NO5. The van der Waals surface area contributed by atoms with Crippen LogP contribution in [-0.4, -0.2) is 29.2 Å². The Balaban J connectivity index is 0.000000122. The fourth-order valence-corrected chi connectivity index (χ4v) is 4.78. The Morgan fingerprint density at radius 2 is 1.32 bits per heavy atom. The van der Waals surface area contributed by atoms with Crippen LogP contribution >= 0.6 is 23.2 Å². The molecule has 6 rings (SSSR count). The molecule has 2 aromatic rings. The number of rotatable bonds is 2. The number of halogens is 2. The van der Waals surface area contributed by atoms with E-state index in [4.69, 9.17) is 43.5 Å². The van der Waals surface area contributed by atoms with Gasteiger partial charge in [-0.05, 0) is 12.1 Å². The molecule has 2 aromatic carbocycles. The zero-order valence-electron chi connectivity index (χ0n) is 14.3. The van der Waals surface area contributed by atoms with Crippen molar-refractivity contribution in [2.45, 2.75) is 24.0 Å². The van der Waals surface area contributed by atoms with Crippen molar-refractivity contribution in [1.82, 2.24) is 0 Å². The number of primary amides is 1. The van der Waals surface area contributed by atoms with E-state index in [1.54, 1.807) is 12.1 Å². The number of hydrogen-bond donors (Lipinski definition) is 2. The van der Waals surface area contributed by atoms with Gasteiger partial charge in [0.25, 0.3) is 0 Å². The third-order valence-corrected chi connectivity index (χ3v) is 6.34. The van der Waals surface area contributed by atoms with Crippen molar-refractivity contribution in [2.24, 2.45) is 17.6 Å². The van der Waals surface area contributed by atoms with Gasteiger partial charge in [-0.3, -0.25) is 9.59 Å². The first-order valence-electron chi connectivity index (χ1n) is 8.82. The summed E-state index contributed by atoms with van der Waals surface area (Å²) in [7, 11) is 0. The molecule has 0 spiro atoms. The molecule has 1 amide bonds. The van der Waals surface area contributed by atoms with Crippen molar-refractivity contribution >= 4 is 35.1 Å². The molecule has 4 aliphatic rings. The molecule has 0 unspecified atom stereocenters. The fraction of sp³-hybridized carbons (Fsp3) is 0.300. The predicted octanol–water partition coefficient (Wildman–Crippen LogP) is 3.20. The zero-order chi connectivity index (χ0) is 19.7. The fourth-order valence-electron chi connectivity index (χ4n) is 4.33. The molecule has 2 aliphatic carbocycles. The summed E-state index contributed by atoms with van der Waals surface area (Å²) in [4.78, 5) is 21.7. The van der Waals surface area contributed by atoms with E-state index >= 15 is 0 Å². The highest BCUT2D eigenvalue weighted by Gasteiger charge is 2.63. The van der Waals surface area contributed by atoms with Crippen molar-refractivity contribution in [3.05, 3.63) is 57.6 Å². The van der Waals surface area contributed by atoms with E-state index in [-0.39, 0.29) is 41.8 Å². The average molecular weight is 420 g/mol. The lowest BCUT2D eigenvalue weighted by atomic mass is 10.1. The van der Waals surface area contributed by atoms with Crippen LogP contribution in [0.4, 0.5) is 0 Å². The number of carbonyl (C=O) groups excluding carboxylic acids is 1. The molecule has 144 valence electrons. The van der Waals surface area contributed by atoms with Crippen molar-refractivity contribution in [3.63, 3.8) is 0 Å². The number of fused-ring (bicyclic) bond motifs is 6.